The molecule has 0 saturated heterocycles. The number of rotatable bonds is 10. The predicted octanol–water partition coefficient (Wildman–Crippen LogP) is 2.23. The Balaban J connectivity index is 1.97. The van der Waals surface area contributed by atoms with E-state index in [-0.39, 0.29) is 18.2 Å². The second-order valence-electron chi connectivity index (χ2n) is 8.08. The van der Waals surface area contributed by atoms with E-state index in [1.807, 2.05) is 37.5 Å². The van der Waals surface area contributed by atoms with Crippen LogP contribution in [0.2, 0.25) is 0 Å². The van der Waals surface area contributed by atoms with Crippen LogP contribution in [0.3, 0.4) is 0 Å². The number of aliphatic hydroxyl groups is 1. The molecule has 7 nitrogen and oxygen atoms in total. The molecule has 3 atom stereocenters. The van der Waals surface area contributed by atoms with E-state index < -0.39 is 24.2 Å². The number of benzene rings is 2. The van der Waals surface area contributed by atoms with E-state index in [2.05, 4.69) is 47.9 Å². The molecule has 2 rings (SSSR count). The molecule has 2 aromatic carbocycles. The predicted molar refractivity (Wildman–Crippen MR) is 125 cm³/mol. The number of hydrogen-bond donors (Lipinski definition) is 5. The van der Waals surface area contributed by atoms with Crippen LogP contribution in [-0.2, 0) is 16.0 Å². The van der Waals surface area contributed by atoms with Crippen LogP contribution in [0.25, 0.3) is 16.8 Å². The van der Waals surface area contributed by atoms with Crippen LogP contribution in [0.5, 0.6) is 0 Å². The molecule has 168 valence electrons. The Morgan fingerprint density at radius 1 is 1.10 bits per heavy atom. The van der Waals surface area contributed by atoms with Crippen molar-refractivity contribution in [2.75, 3.05) is 0 Å². The zero-order valence-electron chi connectivity index (χ0n) is 18.7. The summed E-state index contributed by atoms with van der Waals surface area (Å²) in [5.74, 6) is 4.42. The highest BCUT2D eigenvalue weighted by Crippen LogP contribution is 2.19. The van der Waals surface area contributed by atoms with Gasteiger partial charge in [-0.05, 0) is 47.2 Å². The minimum absolute atomic E-state index is 0.0446. The van der Waals surface area contributed by atoms with Crippen LogP contribution in [0.4, 0.5) is 0 Å². The molecule has 0 aliphatic carbocycles. The van der Waals surface area contributed by atoms with Gasteiger partial charge >= 0.3 is 0 Å². The molecule has 0 spiro atoms. The molecule has 7 heteroatoms. The van der Waals surface area contributed by atoms with Crippen LogP contribution in [0, 0.1) is 5.92 Å². The van der Waals surface area contributed by atoms with E-state index in [0.717, 1.165) is 12.0 Å². The summed E-state index contributed by atoms with van der Waals surface area (Å²) in [5, 5.41) is 18.4. The van der Waals surface area contributed by atoms with E-state index >= 15 is 0 Å². The van der Waals surface area contributed by atoms with Crippen molar-refractivity contribution in [2.24, 2.45) is 11.8 Å². The third kappa shape index (κ3) is 7.17. The van der Waals surface area contributed by atoms with Gasteiger partial charge in [-0.25, -0.2) is 5.84 Å². The molecule has 0 aromatic heterocycles. The monoisotopic (exact) mass is 426 g/mol. The Morgan fingerprint density at radius 2 is 1.81 bits per heavy atom. The van der Waals surface area contributed by atoms with Gasteiger partial charge in [-0.15, -0.1) is 0 Å². The first-order valence-electron chi connectivity index (χ1n) is 10.7. The Bertz CT molecular complexity index is 926. The minimum Gasteiger partial charge on any atom is -0.376 e. The second-order valence-corrected chi connectivity index (χ2v) is 8.08. The van der Waals surface area contributed by atoms with Crippen LogP contribution in [0.1, 0.15) is 45.2 Å². The summed E-state index contributed by atoms with van der Waals surface area (Å²) in [6, 6.07) is 11.4. The van der Waals surface area contributed by atoms with E-state index in [1.165, 1.54) is 16.3 Å². The van der Waals surface area contributed by atoms with E-state index in [9.17, 15) is 14.7 Å². The summed E-state index contributed by atoms with van der Waals surface area (Å²) >= 11 is 0. The average Bonchev–Trinajstić information content (AvgIpc) is 2.75. The molecule has 0 fully saturated rings. The first-order chi connectivity index (χ1) is 14.7. The van der Waals surface area contributed by atoms with Gasteiger partial charge in [0.25, 0.3) is 5.91 Å². The van der Waals surface area contributed by atoms with Gasteiger partial charge in [0.15, 0.2) is 0 Å². The summed E-state index contributed by atoms with van der Waals surface area (Å²) in [7, 11) is 0. The SMILES string of the molecule is CCc1ccc2ccc(/C=C/CC(=O)N[C@@H](C(C)C)C(O)N[C@@H](C)C(=O)NN)cc2c1. The van der Waals surface area contributed by atoms with Gasteiger partial charge < -0.3 is 10.4 Å². The number of fused-ring (bicyclic) bond motifs is 1. The van der Waals surface area contributed by atoms with Crippen LogP contribution >= 0.6 is 0 Å². The zero-order valence-corrected chi connectivity index (χ0v) is 18.7. The third-order valence-electron chi connectivity index (χ3n) is 5.29. The van der Waals surface area contributed by atoms with Crippen LogP contribution < -0.4 is 21.9 Å². The molecular weight excluding hydrogens is 392 g/mol. The van der Waals surface area contributed by atoms with E-state index in [4.69, 9.17) is 5.84 Å². The smallest absolute Gasteiger partial charge is 0.250 e. The number of carbonyl (C=O) groups is 2. The molecule has 2 amide bonds. The fourth-order valence-electron chi connectivity index (χ4n) is 3.36. The van der Waals surface area contributed by atoms with Crippen molar-refractivity contribution in [3.63, 3.8) is 0 Å². The number of hydrogen-bond acceptors (Lipinski definition) is 5. The molecule has 0 aliphatic rings. The Morgan fingerprint density at radius 3 is 2.45 bits per heavy atom. The average molecular weight is 427 g/mol. The van der Waals surface area contributed by atoms with Crippen LogP contribution in [-0.4, -0.2) is 35.2 Å². The summed E-state index contributed by atoms with van der Waals surface area (Å²) in [4.78, 5) is 24.0. The van der Waals surface area contributed by atoms with Crippen molar-refractivity contribution in [1.29, 1.82) is 0 Å². The Kier molecular flexibility index (Phi) is 9.18. The number of nitrogens with two attached hydrogens (primary N) is 1. The summed E-state index contributed by atoms with van der Waals surface area (Å²) in [5.41, 5.74) is 4.35. The molecular formula is C24H34N4O3. The fourth-order valence-corrected chi connectivity index (χ4v) is 3.36. The molecule has 31 heavy (non-hydrogen) atoms. The molecule has 0 radical (unpaired) electrons. The molecule has 2 aromatic rings. The van der Waals surface area contributed by atoms with Gasteiger partial charge in [0.1, 0.15) is 6.23 Å². The van der Waals surface area contributed by atoms with Crippen molar-refractivity contribution >= 4 is 28.7 Å². The third-order valence-corrected chi connectivity index (χ3v) is 5.29. The van der Waals surface area contributed by atoms with Crippen LogP contribution in [0.15, 0.2) is 42.5 Å². The minimum atomic E-state index is -1.09. The maximum atomic E-state index is 12.4. The number of hydrazine groups is 1. The van der Waals surface area contributed by atoms with Gasteiger partial charge in [0, 0.05) is 6.42 Å². The fraction of sp³-hybridized carbons (Fsp3) is 0.417. The maximum Gasteiger partial charge on any atom is 0.250 e. The normalized spacial score (nSPS) is 14.5. The molecule has 0 saturated carbocycles. The lowest BCUT2D eigenvalue weighted by molar-refractivity contribution is -0.124. The highest BCUT2D eigenvalue weighted by atomic mass is 16.3. The van der Waals surface area contributed by atoms with Crippen molar-refractivity contribution in [3.05, 3.63) is 53.6 Å². The summed E-state index contributed by atoms with van der Waals surface area (Å²) in [6.45, 7) is 7.49. The topological polar surface area (TPSA) is 116 Å². The summed E-state index contributed by atoms with van der Waals surface area (Å²) < 4.78 is 0. The first-order valence-corrected chi connectivity index (χ1v) is 10.7. The molecule has 1 unspecified atom stereocenters. The molecule has 6 N–H and O–H groups in total. The quantitative estimate of drug-likeness (QED) is 0.173. The van der Waals surface area contributed by atoms with Gasteiger partial charge in [0.2, 0.25) is 5.91 Å². The lowest BCUT2D eigenvalue weighted by atomic mass is 10.0. The number of carbonyl (C=O) groups excluding carboxylic acids is 2. The molecule has 0 bridgehead atoms. The van der Waals surface area contributed by atoms with Crippen molar-refractivity contribution < 1.29 is 14.7 Å². The summed E-state index contributed by atoms with van der Waals surface area (Å²) in [6.07, 6.45) is 3.81. The van der Waals surface area contributed by atoms with Crippen molar-refractivity contribution in [2.45, 2.75) is 58.8 Å². The van der Waals surface area contributed by atoms with Crippen molar-refractivity contribution in [1.82, 2.24) is 16.1 Å². The number of amides is 2. The maximum absolute atomic E-state index is 12.4. The lowest BCUT2D eigenvalue weighted by Gasteiger charge is -2.29. The number of aliphatic hydroxyl groups excluding tert-OH is 1. The Labute approximate surface area is 184 Å². The number of nitrogens with one attached hydrogen (secondary N) is 3. The molecule has 0 aliphatic heterocycles. The lowest BCUT2D eigenvalue weighted by Crippen LogP contribution is -2.57. The van der Waals surface area contributed by atoms with E-state index in [0.29, 0.717) is 0 Å². The Hall–Kier alpha value is -2.74. The standard InChI is InChI=1S/C24H34N4O3/c1-5-17-9-11-19-12-10-18(14-20(19)13-17)7-6-8-21(29)27-22(15(2)3)24(31)26-16(4)23(30)28-25/h6-7,9-16,22,24,26,31H,5,8,25H2,1-4H3,(H,27,29)(H,28,30)/b7-6+/t16-,22-,24?/m0/s1. The highest BCUT2D eigenvalue weighted by Gasteiger charge is 2.26. The second kappa shape index (κ2) is 11.6. The van der Waals surface area contributed by atoms with E-state index in [1.54, 1.807) is 6.92 Å². The zero-order chi connectivity index (χ0) is 23.0. The van der Waals surface area contributed by atoms with Crippen molar-refractivity contribution in [3.8, 4) is 0 Å². The number of aryl methyl sites for hydroxylation is 1. The first kappa shape index (κ1) is 24.5. The van der Waals surface area contributed by atoms with Gasteiger partial charge in [-0.2, -0.15) is 0 Å². The highest BCUT2D eigenvalue weighted by molar-refractivity contribution is 5.86. The van der Waals surface area contributed by atoms with Gasteiger partial charge in [-0.3, -0.25) is 20.3 Å². The van der Waals surface area contributed by atoms with Gasteiger partial charge in [0.05, 0.1) is 12.1 Å². The largest absolute Gasteiger partial charge is 0.376 e. The molecule has 0 heterocycles. The van der Waals surface area contributed by atoms with Gasteiger partial charge in [-0.1, -0.05) is 63.3 Å².